The second-order valence-corrected chi connectivity index (χ2v) is 7.85. The lowest BCUT2D eigenvalue weighted by Crippen LogP contribution is -2.44. The van der Waals surface area contributed by atoms with Gasteiger partial charge in [0.25, 0.3) is 5.91 Å². The number of aromatic nitrogens is 3. The summed E-state index contributed by atoms with van der Waals surface area (Å²) in [6.07, 6.45) is 8.24. The molecule has 8 nitrogen and oxygen atoms in total. The van der Waals surface area contributed by atoms with Crippen LogP contribution in [0.5, 0.6) is 0 Å². The van der Waals surface area contributed by atoms with E-state index in [2.05, 4.69) is 32.3 Å². The van der Waals surface area contributed by atoms with Gasteiger partial charge in [-0.1, -0.05) is 0 Å². The average molecular weight is 379 g/mol. The van der Waals surface area contributed by atoms with Gasteiger partial charge in [-0.05, 0) is 50.2 Å². The van der Waals surface area contributed by atoms with Crippen molar-refractivity contribution in [1.82, 2.24) is 30.9 Å². The van der Waals surface area contributed by atoms with E-state index in [1.807, 2.05) is 38.0 Å². The van der Waals surface area contributed by atoms with Crippen molar-refractivity contribution >= 4 is 5.91 Å². The van der Waals surface area contributed by atoms with Crippen LogP contribution in [0.25, 0.3) is 0 Å². The largest absolute Gasteiger partial charge is 0.348 e. The maximum Gasteiger partial charge on any atom is 0.270 e. The van der Waals surface area contributed by atoms with E-state index in [0.717, 1.165) is 36.0 Å². The molecule has 8 heteroatoms. The maximum atomic E-state index is 12.8. The van der Waals surface area contributed by atoms with Gasteiger partial charge in [-0.2, -0.15) is 10.4 Å². The molecule has 1 aliphatic heterocycles. The molecule has 1 aliphatic carbocycles. The fraction of sp³-hybridized carbons (Fsp3) is 0.500. The summed E-state index contributed by atoms with van der Waals surface area (Å²) in [6.45, 7) is 3.70. The topological polar surface area (TPSA) is 108 Å². The monoisotopic (exact) mass is 379 g/mol. The first kappa shape index (κ1) is 18.6. The second kappa shape index (κ2) is 7.34. The molecular weight excluding hydrogens is 354 g/mol. The molecule has 1 saturated heterocycles. The Kier molecular flexibility index (Phi) is 4.87. The first-order valence-corrected chi connectivity index (χ1v) is 9.64. The molecule has 4 atom stereocenters. The Bertz CT molecular complexity index is 945. The van der Waals surface area contributed by atoms with E-state index < -0.39 is 0 Å². The summed E-state index contributed by atoms with van der Waals surface area (Å²) in [4.78, 5) is 17.1. The molecule has 0 radical (unpaired) electrons. The minimum atomic E-state index is -0.162. The minimum Gasteiger partial charge on any atom is -0.348 e. The molecule has 28 heavy (non-hydrogen) atoms. The van der Waals surface area contributed by atoms with Gasteiger partial charge in [0.1, 0.15) is 11.8 Å². The lowest BCUT2D eigenvalue weighted by atomic mass is 9.77. The third-order valence-electron chi connectivity index (χ3n) is 6.15. The molecule has 4 rings (SSSR count). The molecule has 2 aromatic rings. The predicted molar refractivity (Wildman–Crippen MR) is 103 cm³/mol. The number of carbonyl (C=O) groups is 1. The van der Waals surface area contributed by atoms with Crippen LogP contribution in [0.3, 0.4) is 0 Å². The fourth-order valence-electron chi connectivity index (χ4n) is 4.42. The van der Waals surface area contributed by atoms with Crippen LogP contribution in [0.2, 0.25) is 0 Å². The third-order valence-corrected chi connectivity index (χ3v) is 6.15. The molecule has 2 aromatic heterocycles. The molecule has 3 N–H and O–H groups in total. The van der Waals surface area contributed by atoms with Crippen LogP contribution in [0.1, 0.15) is 58.0 Å². The summed E-state index contributed by atoms with van der Waals surface area (Å²) in [5.41, 5.74) is 10.5. The normalized spacial score (nSPS) is 26.5. The predicted octanol–water partition coefficient (Wildman–Crippen LogP) is 1.42. The Hall–Kier alpha value is -2.76. The van der Waals surface area contributed by atoms with Crippen molar-refractivity contribution < 1.29 is 4.79 Å². The summed E-state index contributed by atoms with van der Waals surface area (Å²) in [6, 6.07) is 2.81. The molecule has 0 bridgehead atoms. The van der Waals surface area contributed by atoms with E-state index in [1.54, 1.807) is 0 Å². The average Bonchev–Trinajstić information content (AvgIpc) is 3.29. The molecule has 4 unspecified atom stereocenters. The van der Waals surface area contributed by atoms with Crippen LogP contribution in [0.15, 0.2) is 18.6 Å². The van der Waals surface area contributed by atoms with Crippen LogP contribution in [-0.2, 0) is 7.05 Å². The second-order valence-electron chi connectivity index (χ2n) is 7.85. The van der Waals surface area contributed by atoms with E-state index in [-0.39, 0.29) is 18.0 Å². The molecule has 0 spiro atoms. The number of amides is 1. The summed E-state index contributed by atoms with van der Waals surface area (Å²) in [5, 5.41) is 16.6. The van der Waals surface area contributed by atoms with Gasteiger partial charge in [-0.3, -0.25) is 14.9 Å². The van der Waals surface area contributed by atoms with Gasteiger partial charge < -0.3 is 5.32 Å². The van der Waals surface area contributed by atoms with E-state index in [9.17, 15) is 4.79 Å². The van der Waals surface area contributed by atoms with Crippen molar-refractivity contribution in [3.05, 3.63) is 46.5 Å². The summed E-state index contributed by atoms with van der Waals surface area (Å²) < 4.78 is 1.81. The van der Waals surface area contributed by atoms with Gasteiger partial charge in [0.15, 0.2) is 0 Å². The Balaban J connectivity index is 1.47. The van der Waals surface area contributed by atoms with Crippen LogP contribution in [0, 0.1) is 31.1 Å². The van der Waals surface area contributed by atoms with E-state index in [1.165, 1.54) is 6.20 Å². The first-order valence-electron chi connectivity index (χ1n) is 9.64. The highest BCUT2D eigenvalue weighted by molar-refractivity contribution is 5.94. The van der Waals surface area contributed by atoms with Crippen molar-refractivity contribution in [1.29, 1.82) is 5.26 Å². The van der Waals surface area contributed by atoms with Crippen LogP contribution < -0.4 is 16.2 Å². The maximum absolute atomic E-state index is 12.8. The minimum absolute atomic E-state index is 0.103. The Morgan fingerprint density at radius 3 is 2.82 bits per heavy atom. The Morgan fingerprint density at radius 2 is 2.11 bits per heavy atom. The van der Waals surface area contributed by atoms with Gasteiger partial charge in [0.2, 0.25) is 0 Å². The summed E-state index contributed by atoms with van der Waals surface area (Å²) in [7, 11) is 1.92. The molecular formula is C20H25N7O. The smallest absolute Gasteiger partial charge is 0.270 e. The van der Waals surface area contributed by atoms with E-state index >= 15 is 0 Å². The standard InChI is InChI=1S/C20H25N7O/c1-11-12(2)18(22-8-13(11)7-21)20(28)24-15-4-5-17-16(6-15)19(26-25-17)14-9-23-27(3)10-14/h8-10,15-17,19,25-26H,4-6H2,1-3H3,(H,24,28). The Morgan fingerprint density at radius 1 is 1.29 bits per heavy atom. The van der Waals surface area contributed by atoms with Gasteiger partial charge in [-0.15, -0.1) is 0 Å². The highest BCUT2D eigenvalue weighted by atomic mass is 16.1. The van der Waals surface area contributed by atoms with Crippen molar-refractivity contribution in [2.24, 2.45) is 13.0 Å². The molecule has 0 aromatic carbocycles. The van der Waals surface area contributed by atoms with Crippen LogP contribution >= 0.6 is 0 Å². The number of fused-ring (bicyclic) bond motifs is 1. The van der Waals surface area contributed by atoms with Crippen LogP contribution in [-0.4, -0.2) is 32.8 Å². The van der Waals surface area contributed by atoms with Gasteiger partial charge in [0.05, 0.1) is 17.8 Å². The quantitative estimate of drug-likeness (QED) is 0.744. The van der Waals surface area contributed by atoms with Crippen molar-refractivity contribution in [3.63, 3.8) is 0 Å². The molecule has 3 heterocycles. The number of rotatable bonds is 3. The number of carbonyl (C=O) groups excluding carboxylic acids is 1. The van der Waals surface area contributed by atoms with Crippen molar-refractivity contribution in [2.75, 3.05) is 0 Å². The van der Waals surface area contributed by atoms with E-state index in [0.29, 0.717) is 23.2 Å². The van der Waals surface area contributed by atoms with Crippen LogP contribution in [0.4, 0.5) is 0 Å². The summed E-state index contributed by atoms with van der Waals surface area (Å²) >= 11 is 0. The molecule has 2 fully saturated rings. The molecule has 2 aliphatic rings. The Labute approximate surface area is 164 Å². The van der Waals surface area contributed by atoms with E-state index in [4.69, 9.17) is 5.26 Å². The number of hydrazine groups is 1. The first-order chi connectivity index (χ1) is 13.5. The zero-order chi connectivity index (χ0) is 19.8. The number of pyridine rings is 1. The number of hydrogen-bond acceptors (Lipinski definition) is 6. The van der Waals surface area contributed by atoms with Crippen molar-refractivity contribution in [3.8, 4) is 6.07 Å². The SMILES string of the molecule is Cc1c(C#N)cnc(C(=O)NC2CCC3NNC(c4cnn(C)c4)C3C2)c1C. The number of nitrogens with zero attached hydrogens (tertiary/aromatic N) is 4. The highest BCUT2D eigenvalue weighted by Gasteiger charge is 2.41. The number of aryl methyl sites for hydroxylation is 1. The number of nitriles is 1. The summed E-state index contributed by atoms with van der Waals surface area (Å²) in [5.74, 6) is 0.227. The lowest BCUT2D eigenvalue weighted by molar-refractivity contribution is 0.0909. The zero-order valence-electron chi connectivity index (χ0n) is 16.4. The van der Waals surface area contributed by atoms with Gasteiger partial charge in [0, 0.05) is 37.1 Å². The number of nitrogens with one attached hydrogen (secondary N) is 3. The third kappa shape index (κ3) is 3.28. The van der Waals surface area contributed by atoms with Gasteiger partial charge >= 0.3 is 0 Å². The number of hydrogen-bond donors (Lipinski definition) is 3. The van der Waals surface area contributed by atoms with Gasteiger partial charge in [-0.25, -0.2) is 10.4 Å². The highest BCUT2D eigenvalue weighted by Crippen LogP contribution is 2.38. The van der Waals surface area contributed by atoms with Crippen molar-refractivity contribution in [2.45, 2.75) is 51.2 Å². The fourth-order valence-corrected chi connectivity index (χ4v) is 4.42. The lowest BCUT2D eigenvalue weighted by Gasteiger charge is -2.33. The zero-order valence-corrected chi connectivity index (χ0v) is 16.4. The molecule has 1 amide bonds. The molecule has 1 saturated carbocycles. The molecule has 146 valence electrons.